The largest absolute Gasteiger partial charge is 0.345 e. The number of aryl methyl sites for hydroxylation is 1. The van der Waals surface area contributed by atoms with Crippen LogP contribution in [0.5, 0.6) is 0 Å². The van der Waals surface area contributed by atoms with Crippen LogP contribution in [0.4, 0.5) is 0 Å². The minimum absolute atomic E-state index is 0.154. The molecule has 0 bridgehead atoms. The molecule has 2 N–H and O–H groups in total. The van der Waals surface area contributed by atoms with Crippen molar-refractivity contribution in [2.45, 2.75) is 32.4 Å². The Morgan fingerprint density at radius 1 is 1.20 bits per heavy atom. The molecular formula is C23H21N5OS. The average Bonchev–Trinajstić information content (AvgIpc) is 3.53. The number of carbonyl (C=O) groups is 1. The lowest BCUT2D eigenvalue weighted by Gasteiger charge is -2.11. The third kappa shape index (κ3) is 3.52. The maximum absolute atomic E-state index is 13.2. The molecule has 0 saturated heterocycles. The maximum Gasteiger partial charge on any atom is 0.252 e. The summed E-state index contributed by atoms with van der Waals surface area (Å²) >= 11 is 5.33. The highest BCUT2D eigenvalue weighted by molar-refractivity contribution is 7.71. The predicted octanol–water partition coefficient (Wildman–Crippen LogP) is 4.73. The van der Waals surface area contributed by atoms with Crippen molar-refractivity contribution in [1.82, 2.24) is 25.1 Å². The molecule has 2 aromatic heterocycles. The molecular weight excluding hydrogens is 394 g/mol. The molecule has 1 saturated carbocycles. The van der Waals surface area contributed by atoms with E-state index in [9.17, 15) is 4.79 Å². The number of para-hydroxylation sites is 1. The summed E-state index contributed by atoms with van der Waals surface area (Å²) in [6.45, 7) is 2.37. The molecule has 1 fully saturated rings. The minimum atomic E-state index is -0.154. The highest BCUT2D eigenvalue weighted by atomic mass is 32.1. The van der Waals surface area contributed by atoms with Crippen LogP contribution in [0.1, 0.15) is 40.6 Å². The van der Waals surface area contributed by atoms with Gasteiger partial charge in [-0.25, -0.2) is 4.98 Å². The number of amides is 1. The van der Waals surface area contributed by atoms with E-state index in [4.69, 9.17) is 17.2 Å². The van der Waals surface area contributed by atoms with Gasteiger partial charge in [-0.3, -0.25) is 14.5 Å². The molecule has 7 heteroatoms. The van der Waals surface area contributed by atoms with Crippen LogP contribution in [0.2, 0.25) is 0 Å². The summed E-state index contributed by atoms with van der Waals surface area (Å²) in [5.41, 5.74) is 4.33. The van der Waals surface area contributed by atoms with Gasteiger partial charge >= 0.3 is 0 Å². The molecule has 0 atom stereocenters. The van der Waals surface area contributed by atoms with Crippen molar-refractivity contribution < 1.29 is 4.79 Å². The predicted molar refractivity (Wildman–Crippen MR) is 119 cm³/mol. The molecule has 5 rings (SSSR count). The van der Waals surface area contributed by atoms with Crippen molar-refractivity contribution in [2.75, 3.05) is 0 Å². The van der Waals surface area contributed by atoms with Gasteiger partial charge in [-0.1, -0.05) is 48.0 Å². The van der Waals surface area contributed by atoms with E-state index < -0.39 is 0 Å². The smallest absolute Gasteiger partial charge is 0.252 e. The number of benzene rings is 2. The van der Waals surface area contributed by atoms with E-state index >= 15 is 0 Å². The Balaban J connectivity index is 1.49. The third-order valence-electron chi connectivity index (χ3n) is 5.40. The van der Waals surface area contributed by atoms with Crippen LogP contribution in [0.25, 0.3) is 22.2 Å². The summed E-state index contributed by atoms with van der Waals surface area (Å²) in [6.07, 6.45) is 2.20. The summed E-state index contributed by atoms with van der Waals surface area (Å²) in [5, 5.41) is 11.0. The van der Waals surface area contributed by atoms with Crippen LogP contribution in [0.3, 0.4) is 0 Å². The monoisotopic (exact) mass is 415 g/mol. The van der Waals surface area contributed by atoms with Gasteiger partial charge in [-0.2, -0.15) is 5.10 Å². The molecule has 1 aliphatic carbocycles. The molecule has 1 amide bonds. The zero-order valence-electron chi connectivity index (χ0n) is 16.6. The number of carbonyl (C=O) groups excluding carboxylic acids is 1. The molecule has 4 aromatic rings. The standard InChI is InChI=1S/C23H21N5OS/c1-14-6-8-15(9-7-14)20-12-18(17-4-2-3-5-19(17)25-20)22(29)24-13-21-26-27-23(30)28(21)16-10-11-16/h2-9,12,16H,10-11,13H2,1H3,(H,24,29)(H,27,30). The Morgan fingerprint density at radius 3 is 2.73 bits per heavy atom. The number of nitrogens with zero attached hydrogens (tertiary/aromatic N) is 3. The number of H-pyrrole nitrogens is 1. The van der Waals surface area contributed by atoms with Gasteiger partial charge in [0.05, 0.1) is 23.3 Å². The maximum atomic E-state index is 13.2. The highest BCUT2D eigenvalue weighted by Crippen LogP contribution is 2.35. The number of rotatable bonds is 5. The SMILES string of the molecule is Cc1ccc(-c2cc(C(=O)NCc3n[nH]c(=S)n3C3CC3)c3ccccc3n2)cc1. The topological polar surface area (TPSA) is 75.6 Å². The van der Waals surface area contributed by atoms with Crippen molar-refractivity contribution in [2.24, 2.45) is 0 Å². The zero-order valence-corrected chi connectivity index (χ0v) is 17.4. The van der Waals surface area contributed by atoms with Crippen molar-refractivity contribution in [3.8, 4) is 11.3 Å². The van der Waals surface area contributed by atoms with Crippen LogP contribution < -0.4 is 5.32 Å². The van der Waals surface area contributed by atoms with Gasteiger partial charge in [-0.05, 0) is 44.1 Å². The number of hydrogen-bond acceptors (Lipinski definition) is 4. The Kier molecular flexibility index (Phi) is 4.67. The Morgan fingerprint density at radius 2 is 1.97 bits per heavy atom. The second kappa shape index (κ2) is 7.50. The van der Waals surface area contributed by atoms with Gasteiger partial charge in [-0.15, -0.1) is 0 Å². The molecule has 30 heavy (non-hydrogen) atoms. The van der Waals surface area contributed by atoms with Gasteiger partial charge in [0.1, 0.15) is 0 Å². The number of fused-ring (bicyclic) bond motifs is 1. The lowest BCUT2D eigenvalue weighted by molar-refractivity contribution is 0.0951. The summed E-state index contributed by atoms with van der Waals surface area (Å²) in [4.78, 5) is 17.9. The quantitative estimate of drug-likeness (QED) is 0.462. The molecule has 0 spiro atoms. The van der Waals surface area contributed by atoms with Crippen LogP contribution in [0, 0.1) is 11.7 Å². The van der Waals surface area contributed by atoms with Crippen LogP contribution in [0.15, 0.2) is 54.6 Å². The first-order valence-electron chi connectivity index (χ1n) is 10.0. The summed E-state index contributed by atoms with van der Waals surface area (Å²) in [5.74, 6) is 0.603. The lowest BCUT2D eigenvalue weighted by atomic mass is 10.0. The first kappa shape index (κ1) is 18.7. The van der Waals surface area contributed by atoms with Crippen LogP contribution in [-0.4, -0.2) is 25.7 Å². The Bertz CT molecular complexity index is 1300. The fraction of sp³-hybridized carbons (Fsp3) is 0.217. The van der Waals surface area contributed by atoms with Gasteiger partial charge < -0.3 is 5.32 Å². The van der Waals surface area contributed by atoms with Crippen LogP contribution >= 0.6 is 12.2 Å². The van der Waals surface area contributed by atoms with E-state index in [-0.39, 0.29) is 5.91 Å². The van der Waals surface area contributed by atoms with E-state index in [1.165, 1.54) is 5.56 Å². The average molecular weight is 416 g/mol. The zero-order chi connectivity index (χ0) is 20.7. The molecule has 150 valence electrons. The lowest BCUT2D eigenvalue weighted by Crippen LogP contribution is -2.25. The molecule has 1 aliphatic rings. The molecule has 6 nitrogen and oxygen atoms in total. The van der Waals surface area contributed by atoms with E-state index in [1.54, 1.807) is 0 Å². The fourth-order valence-electron chi connectivity index (χ4n) is 3.66. The first-order valence-corrected chi connectivity index (χ1v) is 10.4. The molecule has 0 unspecified atom stereocenters. The number of pyridine rings is 1. The van der Waals surface area contributed by atoms with Crippen molar-refractivity contribution in [3.63, 3.8) is 0 Å². The van der Waals surface area contributed by atoms with Crippen LogP contribution in [-0.2, 0) is 6.54 Å². The van der Waals surface area contributed by atoms with Gasteiger partial charge in [0, 0.05) is 17.0 Å². The fourth-order valence-corrected chi connectivity index (χ4v) is 3.96. The number of hydrogen-bond donors (Lipinski definition) is 2. The summed E-state index contributed by atoms with van der Waals surface area (Å²) in [6, 6.07) is 18.1. The Hall–Kier alpha value is -3.32. The number of nitrogens with one attached hydrogen (secondary N) is 2. The van der Waals surface area contributed by atoms with E-state index in [1.807, 2.05) is 66.1 Å². The molecule has 0 aliphatic heterocycles. The summed E-state index contributed by atoms with van der Waals surface area (Å²) in [7, 11) is 0. The van der Waals surface area contributed by atoms with Crippen molar-refractivity contribution in [3.05, 3.63) is 76.3 Å². The van der Waals surface area contributed by atoms with E-state index in [0.29, 0.717) is 22.9 Å². The minimum Gasteiger partial charge on any atom is -0.345 e. The van der Waals surface area contributed by atoms with E-state index in [2.05, 4.69) is 15.5 Å². The third-order valence-corrected chi connectivity index (χ3v) is 5.69. The molecule has 2 heterocycles. The van der Waals surface area contributed by atoms with Crippen molar-refractivity contribution in [1.29, 1.82) is 0 Å². The molecule has 2 aromatic carbocycles. The Labute approximate surface area is 179 Å². The first-order chi connectivity index (χ1) is 14.6. The highest BCUT2D eigenvalue weighted by Gasteiger charge is 2.27. The normalized spacial score (nSPS) is 13.5. The number of aromatic nitrogens is 4. The molecule has 0 radical (unpaired) electrons. The van der Waals surface area contributed by atoms with Gasteiger partial charge in [0.25, 0.3) is 5.91 Å². The second-order valence-corrected chi connectivity index (χ2v) is 8.05. The number of aromatic amines is 1. The second-order valence-electron chi connectivity index (χ2n) is 7.67. The van der Waals surface area contributed by atoms with Crippen molar-refractivity contribution >= 4 is 29.0 Å². The summed E-state index contributed by atoms with van der Waals surface area (Å²) < 4.78 is 2.62. The van der Waals surface area contributed by atoms with Gasteiger partial charge in [0.15, 0.2) is 10.6 Å². The van der Waals surface area contributed by atoms with E-state index in [0.717, 1.165) is 40.8 Å². The van der Waals surface area contributed by atoms with Gasteiger partial charge in [0.2, 0.25) is 0 Å².